The highest BCUT2D eigenvalue weighted by atomic mass is 31.2. The van der Waals surface area contributed by atoms with Gasteiger partial charge in [-0.2, -0.15) is 0 Å². The monoisotopic (exact) mass is 448 g/mol. The van der Waals surface area contributed by atoms with Crippen LogP contribution in [-0.2, 0) is 26.3 Å². The maximum atomic E-state index is 12.8. The Labute approximate surface area is 189 Å². The first-order valence-corrected chi connectivity index (χ1v) is 12.7. The number of nitrogens with zero attached hydrogens (tertiary/aromatic N) is 2. The van der Waals surface area contributed by atoms with Crippen molar-refractivity contribution < 1.29 is 13.6 Å². The number of allylic oxidation sites excluding steroid dienone is 1. The van der Waals surface area contributed by atoms with Gasteiger partial charge < -0.3 is 13.6 Å². The Bertz CT molecular complexity index is 1300. The molecule has 0 radical (unpaired) electrons. The van der Waals surface area contributed by atoms with Crippen LogP contribution in [0.15, 0.2) is 67.2 Å². The van der Waals surface area contributed by atoms with Gasteiger partial charge in [-0.3, -0.25) is 4.57 Å². The molecule has 5 nitrogen and oxygen atoms in total. The minimum atomic E-state index is -3.11. The fraction of sp³-hybridized carbons (Fsp3) is 0.269. The molecular formula is C26H29N2O3P. The number of rotatable bonds is 9. The molecule has 0 fully saturated rings. The van der Waals surface area contributed by atoms with Gasteiger partial charge in [0.2, 0.25) is 0 Å². The van der Waals surface area contributed by atoms with Gasteiger partial charge in [-0.25, -0.2) is 4.98 Å². The molecular weight excluding hydrogens is 419 g/mol. The van der Waals surface area contributed by atoms with E-state index in [1.54, 1.807) is 0 Å². The number of pyridine rings is 1. The number of para-hydroxylation sites is 1. The van der Waals surface area contributed by atoms with E-state index in [-0.39, 0.29) is 6.16 Å². The van der Waals surface area contributed by atoms with E-state index in [2.05, 4.69) is 47.5 Å². The van der Waals surface area contributed by atoms with Gasteiger partial charge in [-0.05, 0) is 55.7 Å². The second-order valence-corrected chi connectivity index (χ2v) is 9.92. The van der Waals surface area contributed by atoms with Gasteiger partial charge in [-0.1, -0.05) is 49.0 Å². The van der Waals surface area contributed by atoms with Crippen molar-refractivity contribution in [3.8, 4) is 0 Å². The van der Waals surface area contributed by atoms with Crippen molar-refractivity contribution in [1.82, 2.24) is 9.55 Å². The fourth-order valence-electron chi connectivity index (χ4n) is 3.99. The Morgan fingerprint density at radius 1 is 0.938 bits per heavy atom. The van der Waals surface area contributed by atoms with Crippen molar-refractivity contribution in [3.63, 3.8) is 0 Å². The SMILES string of the molecule is C=C(C)c1ccc2c(n1)c1ccccc1n2Cc1ccc(CP(=O)(OCC)OCC)cc1. The van der Waals surface area contributed by atoms with Crippen LogP contribution < -0.4 is 0 Å². The van der Waals surface area contributed by atoms with E-state index in [4.69, 9.17) is 14.0 Å². The smallest absolute Gasteiger partial charge is 0.335 e. The van der Waals surface area contributed by atoms with Gasteiger partial charge >= 0.3 is 7.60 Å². The third-order valence-electron chi connectivity index (χ3n) is 5.44. The van der Waals surface area contributed by atoms with Crippen molar-refractivity contribution in [1.29, 1.82) is 0 Å². The van der Waals surface area contributed by atoms with Gasteiger partial charge in [-0.15, -0.1) is 0 Å². The summed E-state index contributed by atoms with van der Waals surface area (Å²) in [6, 6.07) is 20.7. The molecule has 6 heteroatoms. The summed E-state index contributed by atoms with van der Waals surface area (Å²) in [5, 5.41) is 1.14. The summed E-state index contributed by atoms with van der Waals surface area (Å²) >= 11 is 0. The van der Waals surface area contributed by atoms with E-state index in [0.717, 1.165) is 44.3 Å². The van der Waals surface area contributed by atoms with Crippen LogP contribution in [0.2, 0.25) is 0 Å². The average Bonchev–Trinajstić information content (AvgIpc) is 3.08. The molecule has 4 aromatic rings. The molecule has 0 aliphatic carbocycles. The third-order valence-corrected chi connectivity index (χ3v) is 7.50. The molecule has 2 heterocycles. The van der Waals surface area contributed by atoms with Crippen LogP contribution in [0, 0.1) is 0 Å². The first-order valence-electron chi connectivity index (χ1n) is 10.9. The summed E-state index contributed by atoms with van der Waals surface area (Å²) < 4.78 is 26.0. The van der Waals surface area contributed by atoms with Crippen molar-refractivity contribution in [2.75, 3.05) is 13.2 Å². The van der Waals surface area contributed by atoms with Crippen LogP contribution in [0.1, 0.15) is 37.6 Å². The lowest BCUT2D eigenvalue weighted by atomic mass is 10.1. The number of hydrogen-bond donors (Lipinski definition) is 0. The lowest BCUT2D eigenvalue weighted by molar-refractivity contribution is 0.219. The number of aromatic nitrogens is 2. The van der Waals surface area contributed by atoms with Gasteiger partial charge in [0.1, 0.15) is 0 Å². The highest BCUT2D eigenvalue weighted by molar-refractivity contribution is 7.53. The molecule has 4 rings (SSSR count). The predicted molar refractivity (Wildman–Crippen MR) is 132 cm³/mol. The van der Waals surface area contributed by atoms with Crippen LogP contribution in [-0.4, -0.2) is 22.8 Å². The second kappa shape index (κ2) is 9.41. The lowest BCUT2D eigenvalue weighted by Gasteiger charge is -2.17. The minimum Gasteiger partial charge on any atom is -0.335 e. The van der Waals surface area contributed by atoms with Crippen molar-refractivity contribution in [2.24, 2.45) is 0 Å². The minimum absolute atomic E-state index is 0.276. The molecule has 0 saturated heterocycles. The molecule has 0 bridgehead atoms. The van der Waals surface area contributed by atoms with E-state index in [1.807, 2.05) is 45.0 Å². The van der Waals surface area contributed by atoms with Crippen LogP contribution in [0.25, 0.3) is 27.5 Å². The maximum Gasteiger partial charge on any atom is 0.335 e. The van der Waals surface area contributed by atoms with E-state index < -0.39 is 7.60 Å². The van der Waals surface area contributed by atoms with Crippen LogP contribution in [0.5, 0.6) is 0 Å². The predicted octanol–water partition coefficient (Wildman–Crippen LogP) is 7.04. The normalized spacial score (nSPS) is 12.0. The number of hydrogen-bond acceptors (Lipinski definition) is 4. The molecule has 0 N–H and O–H groups in total. The van der Waals surface area contributed by atoms with Crippen LogP contribution in [0.3, 0.4) is 0 Å². The first kappa shape index (κ1) is 22.5. The third kappa shape index (κ3) is 4.56. The molecule has 32 heavy (non-hydrogen) atoms. The Morgan fingerprint density at radius 2 is 1.59 bits per heavy atom. The molecule has 0 amide bonds. The summed E-state index contributed by atoms with van der Waals surface area (Å²) in [4.78, 5) is 4.88. The molecule has 2 aromatic heterocycles. The molecule has 166 valence electrons. The molecule has 0 spiro atoms. The largest absolute Gasteiger partial charge is 0.335 e. The van der Waals surface area contributed by atoms with Crippen molar-refractivity contribution in [3.05, 3.63) is 84.1 Å². The van der Waals surface area contributed by atoms with E-state index >= 15 is 0 Å². The zero-order valence-corrected chi connectivity index (χ0v) is 19.8. The summed E-state index contributed by atoms with van der Waals surface area (Å²) in [5.74, 6) is 0. The standard InChI is InChI=1S/C26H29N2O3P/c1-5-30-32(29,31-6-2)18-21-13-11-20(12-14-21)17-28-24-10-8-7-9-22(24)26-25(28)16-15-23(27-26)19(3)4/h7-16H,3,5-6,17-18H2,1-2,4H3. The molecule has 0 saturated carbocycles. The van der Waals surface area contributed by atoms with Crippen molar-refractivity contribution in [2.45, 2.75) is 33.5 Å². The van der Waals surface area contributed by atoms with E-state index in [1.165, 1.54) is 0 Å². The average molecular weight is 449 g/mol. The van der Waals surface area contributed by atoms with Crippen LogP contribution >= 0.6 is 7.60 Å². The lowest BCUT2D eigenvalue weighted by Crippen LogP contribution is -2.01. The summed E-state index contributed by atoms with van der Waals surface area (Å²) in [6.07, 6.45) is 0.276. The molecule has 0 atom stereocenters. The van der Waals surface area contributed by atoms with Gasteiger partial charge in [0.15, 0.2) is 0 Å². The Kier molecular flexibility index (Phi) is 6.61. The molecule has 0 aliphatic heterocycles. The Morgan fingerprint density at radius 3 is 2.25 bits per heavy atom. The Hall–Kier alpha value is -2.72. The highest BCUT2D eigenvalue weighted by Crippen LogP contribution is 2.51. The number of benzene rings is 2. The van der Waals surface area contributed by atoms with Gasteiger partial charge in [0.25, 0.3) is 0 Å². The molecule has 0 aliphatic rings. The quantitative estimate of drug-likeness (QED) is 0.258. The maximum absolute atomic E-state index is 12.8. The summed E-state index contributed by atoms with van der Waals surface area (Å²) in [6.45, 7) is 11.1. The van der Waals surface area contributed by atoms with Gasteiger partial charge in [0.05, 0.1) is 41.6 Å². The zero-order valence-electron chi connectivity index (χ0n) is 18.9. The fourth-order valence-corrected chi connectivity index (χ4v) is 5.70. The topological polar surface area (TPSA) is 53.4 Å². The van der Waals surface area contributed by atoms with E-state index in [0.29, 0.717) is 19.8 Å². The van der Waals surface area contributed by atoms with Gasteiger partial charge in [0, 0.05) is 11.9 Å². The summed E-state index contributed by atoms with van der Waals surface area (Å²) in [5.41, 5.74) is 7.20. The number of fused-ring (bicyclic) bond motifs is 3. The molecule has 0 unspecified atom stereocenters. The first-order chi connectivity index (χ1) is 15.4. The van der Waals surface area contributed by atoms with Crippen molar-refractivity contribution >= 4 is 35.1 Å². The highest BCUT2D eigenvalue weighted by Gasteiger charge is 2.24. The van der Waals surface area contributed by atoms with Crippen LogP contribution in [0.4, 0.5) is 0 Å². The zero-order chi connectivity index (χ0) is 22.7. The summed E-state index contributed by atoms with van der Waals surface area (Å²) in [7, 11) is -3.11. The Balaban J connectivity index is 1.66. The molecule has 2 aromatic carbocycles. The second-order valence-electron chi connectivity index (χ2n) is 7.87. The van der Waals surface area contributed by atoms with E-state index in [9.17, 15) is 4.57 Å².